The van der Waals surface area contributed by atoms with Gasteiger partial charge in [0, 0.05) is 21.2 Å². The normalized spacial score (nSPS) is 12.7. The quantitative estimate of drug-likeness (QED) is 0.190. The second kappa shape index (κ2) is 6.05. The van der Waals surface area contributed by atoms with Crippen LogP contribution in [-0.4, -0.2) is 0 Å². The van der Waals surface area contributed by atoms with Crippen LogP contribution in [0.4, 0.5) is 4.39 Å². The topological polar surface area (TPSA) is 3.88 Å². The fraction of sp³-hybridized carbons (Fsp3) is 0.148. The molecule has 0 amide bonds. The Morgan fingerprint density at radius 1 is 0.800 bits per heavy atom. The summed E-state index contributed by atoms with van der Waals surface area (Å²) in [6.45, 7) is 6.64. The highest BCUT2D eigenvalue weighted by Crippen LogP contribution is 2.52. The molecule has 30 heavy (non-hydrogen) atoms. The van der Waals surface area contributed by atoms with E-state index in [1.807, 2.05) is 17.8 Å². The van der Waals surface area contributed by atoms with Crippen molar-refractivity contribution in [2.45, 2.75) is 30.6 Å². The summed E-state index contributed by atoms with van der Waals surface area (Å²) in [5.41, 5.74) is 6.51. The van der Waals surface area contributed by atoms with Crippen LogP contribution in [0.1, 0.15) is 16.7 Å². The first kappa shape index (κ1) is 17.9. The van der Waals surface area contributed by atoms with E-state index in [1.54, 1.807) is 12.1 Å². The first-order chi connectivity index (χ1) is 14.4. The van der Waals surface area contributed by atoms with Gasteiger partial charge in [-0.25, -0.2) is 8.96 Å². The number of rotatable bonds is 0. The van der Waals surface area contributed by atoms with Crippen molar-refractivity contribution < 1.29 is 8.96 Å². The van der Waals surface area contributed by atoms with Gasteiger partial charge in [0.25, 0.3) is 0 Å². The van der Waals surface area contributed by atoms with Crippen LogP contribution in [0, 0.1) is 26.6 Å². The number of aromatic nitrogens is 1. The zero-order valence-corrected chi connectivity index (χ0v) is 18.2. The van der Waals surface area contributed by atoms with Crippen LogP contribution in [0.5, 0.6) is 0 Å². The van der Waals surface area contributed by atoms with Gasteiger partial charge in [-0.3, -0.25) is 0 Å². The highest BCUT2D eigenvalue weighted by Gasteiger charge is 2.31. The molecule has 1 aliphatic rings. The Hall–Kier alpha value is -2.91. The first-order valence-electron chi connectivity index (χ1n) is 10.2. The zero-order chi connectivity index (χ0) is 20.7. The molecule has 146 valence electrons. The minimum Gasteiger partial charge on any atom is -0.207 e. The van der Waals surface area contributed by atoms with E-state index in [0.717, 1.165) is 10.8 Å². The summed E-state index contributed by atoms with van der Waals surface area (Å²) in [6, 6.07) is 16.2. The van der Waals surface area contributed by atoms with E-state index in [9.17, 15) is 4.39 Å². The molecule has 0 aliphatic carbocycles. The van der Waals surface area contributed by atoms with Gasteiger partial charge in [0.1, 0.15) is 12.9 Å². The van der Waals surface area contributed by atoms with Gasteiger partial charge in [-0.1, -0.05) is 41.6 Å². The Morgan fingerprint density at radius 2 is 1.60 bits per heavy atom. The molecule has 0 saturated heterocycles. The summed E-state index contributed by atoms with van der Waals surface area (Å²) in [5, 5.41) is 7.16. The van der Waals surface area contributed by atoms with Gasteiger partial charge in [-0.05, 0) is 71.6 Å². The second-order valence-corrected chi connectivity index (χ2v) is 9.46. The molecule has 0 saturated carbocycles. The van der Waals surface area contributed by atoms with Crippen molar-refractivity contribution in [1.82, 2.24) is 0 Å². The number of hydrogen-bond acceptors (Lipinski definition) is 1. The number of pyridine rings is 1. The second-order valence-electron chi connectivity index (χ2n) is 8.41. The molecule has 1 aliphatic heterocycles. The fourth-order valence-electron chi connectivity index (χ4n) is 5.05. The average molecular weight is 411 g/mol. The lowest BCUT2D eigenvalue weighted by Gasteiger charge is -2.24. The van der Waals surface area contributed by atoms with Crippen LogP contribution in [0.15, 0.2) is 64.5 Å². The van der Waals surface area contributed by atoms with Crippen LogP contribution < -0.4 is 4.57 Å². The van der Waals surface area contributed by atoms with Crippen LogP contribution in [0.25, 0.3) is 43.6 Å². The summed E-state index contributed by atoms with van der Waals surface area (Å²) in [6.07, 6.45) is 2.14. The largest absolute Gasteiger partial charge is 0.222 e. The van der Waals surface area contributed by atoms with Crippen molar-refractivity contribution in [1.29, 1.82) is 0 Å². The third-order valence-electron chi connectivity index (χ3n) is 6.53. The van der Waals surface area contributed by atoms with E-state index < -0.39 is 0 Å². The summed E-state index contributed by atoms with van der Waals surface area (Å²) >= 11 is 1.83. The maximum absolute atomic E-state index is 14.0. The van der Waals surface area contributed by atoms with Gasteiger partial charge in [-0.15, -0.1) is 0 Å². The standard InChI is InChI=1S/C27H21FNS/c1-14-5-7-19-16(3)27-24(15(2)22(19)11-14)26-25-21(9-10-29(26)4)20-8-6-18(28)12-17(20)13-23(25)30-27/h5-13H,1-4H3/q+1. The van der Waals surface area contributed by atoms with E-state index >= 15 is 0 Å². The zero-order valence-electron chi connectivity index (χ0n) is 17.4. The van der Waals surface area contributed by atoms with E-state index in [0.29, 0.717) is 0 Å². The molecule has 5 aromatic rings. The van der Waals surface area contributed by atoms with Crippen molar-refractivity contribution in [3.05, 3.63) is 77.2 Å². The van der Waals surface area contributed by atoms with E-state index in [4.69, 9.17) is 0 Å². The Balaban J connectivity index is 1.85. The number of nitrogens with zero attached hydrogens (tertiary/aromatic N) is 1. The lowest BCUT2D eigenvalue weighted by molar-refractivity contribution is -0.659. The molecule has 0 atom stereocenters. The molecule has 6 rings (SSSR count). The predicted molar refractivity (Wildman–Crippen MR) is 124 cm³/mol. The molecule has 0 fully saturated rings. The summed E-state index contributed by atoms with van der Waals surface area (Å²) < 4.78 is 16.2. The van der Waals surface area contributed by atoms with Gasteiger partial charge in [0.2, 0.25) is 5.69 Å². The van der Waals surface area contributed by atoms with E-state index in [2.05, 4.69) is 68.9 Å². The van der Waals surface area contributed by atoms with E-state index in [-0.39, 0.29) is 5.82 Å². The molecular formula is C27H21FNS+. The van der Waals surface area contributed by atoms with Crippen molar-refractivity contribution in [2.75, 3.05) is 0 Å². The fourth-order valence-corrected chi connectivity index (χ4v) is 6.38. The first-order valence-corrected chi connectivity index (χ1v) is 11.0. The summed E-state index contributed by atoms with van der Waals surface area (Å²) in [4.78, 5) is 2.52. The van der Waals surface area contributed by atoms with Crippen molar-refractivity contribution >= 4 is 44.1 Å². The number of fused-ring (bicyclic) bond motifs is 5. The Labute approximate surface area is 179 Å². The summed E-state index contributed by atoms with van der Waals surface area (Å²) in [5.74, 6) is -0.189. The maximum Gasteiger partial charge on any atom is 0.222 e. The van der Waals surface area contributed by atoms with E-state index in [1.165, 1.54) is 59.3 Å². The number of hydrogen-bond donors (Lipinski definition) is 0. The molecular weight excluding hydrogens is 389 g/mol. The molecule has 3 heteroatoms. The molecule has 0 N–H and O–H groups in total. The van der Waals surface area contributed by atoms with Gasteiger partial charge in [-0.2, -0.15) is 0 Å². The molecule has 1 nitrogen and oxygen atoms in total. The third-order valence-corrected chi connectivity index (χ3v) is 7.79. The average Bonchev–Trinajstić information content (AvgIpc) is 2.73. The monoisotopic (exact) mass is 410 g/mol. The summed E-state index contributed by atoms with van der Waals surface area (Å²) in [7, 11) is 2.13. The third kappa shape index (κ3) is 2.27. The molecule has 1 aromatic heterocycles. The number of benzene rings is 4. The molecule has 0 spiro atoms. The lowest BCUT2D eigenvalue weighted by atomic mass is 9.90. The van der Waals surface area contributed by atoms with Crippen molar-refractivity contribution in [2.24, 2.45) is 7.05 Å². The molecule has 4 aromatic carbocycles. The smallest absolute Gasteiger partial charge is 0.207 e. The molecule has 0 unspecified atom stereocenters. The van der Waals surface area contributed by atoms with Crippen LogP contribution >= 0.6 is 11.8 Å². The van der Waals surface area contributed by atoms with Crippen LogP contribution in [-0.2, 0) is 7.05 Å². The number of halogens is 1. The highest BCUT2D eigenvalue weighted by atomic mass is 32.2. The Kier molecular flexibility index (Phi) is 3.61. The minimum atomic E-state index is -0.189. The van der Waals surface area contributed by atoms with Crippen molar-refractivity contribution in [3.8, 4) is 11.3 Å². The van der Waals surface area contributed by atoms with Gasteiger partial charge in [0.05, 0.1) is 10.9 Å². The van der Waals surface area contributed by atoms with Crippen molar-refractivity contribution in [3.63, 3.8) is 0 Å². The van der Waals surface area contributed by atoms with Crippen LogP contribution in [0.2, 0.25) is 0 Å². The Bertz CT molecular complexity index is 1570. The number of aryl methyl sites for hydroxylation is 4. The lowest BCUT2D eigenvalue weighted by Crippen LogP contribution is -2.31. The predicted octanol–water partition coefficient (Wildman–Crippen LogP) is 7.17. The molecule has 2 heterocycles. The maximum atomic E-state index is 14.0. The van der Waals surface area contributed by atoms with Gasteiger partial charge >= 0.3 is 0 Å². The van der Waals surface area contributed by atoms with Crippen LogP contribution in [0.3, 0.4) is 0 Å². The van der Waals surface area contributed by atoms with Gasteiger partial charge in [0.15, 0.2) is 6.20 Å². The minimum absolute atomic E-state index is 0.189. The molecule has 0 radical (unpaired) electrons. The molecule has 0 bridgehead atoms. The highest BCUT2D eigenvalue weighted by molar-refractivity contribution is 8.00. The Morgan fingerprint density at radius 3 is 2.43 bits per heavy atom. The SMILES string of the molecule is Cc1ccc2c(C)c3c(c(C)c2c1)-c1c2c(cc4cc(F)ccc4c2cc[n+]1C)S3. The van der Waals surface area contributed by atoms with Gasteiger partial charge < -0.3 is 0 Å².